The molecule has 9 heteroatoms. The Labute approximate surface area is 145 Å². The van der Waals surface area contributed by atoms with Gasteiger partial charge in [0.2, 0.25) is 0 Å². The SMILES string of the molecule is N#Cc1ccc(-n2ccc(C(=O)Nc3ccncc3)n2)cc1C(F)(F)F. The Kier molecular flexibility index (Phi) is 4.41. The number of amides is 1. The van der Waals surface area contributed by atoms with Gasteiger partial charge in [-0.1, -0.05) is 0 Å². The quantitative estimate of drug-likeness (QED) is 0.779. The monoisotopic (exact) mass is 357 g/mol. The smallest absolute Gasteiger partial charge is 0.320 e. The van der Waals surface area contributed by atoms with Crippen LogP contribution in [-0.4, -0.2) is 20.7 Å². The predicted molar refractivity (Wildman–Crippen MR) is 85.5 cm³/mol. The molecule has 0 aliphatic rings. The fourth-order valence-electron chi connectivity index (χ4n) is 2.23. The molecule has 3 aromatic rings. The van der Waals surface area contributed by atoms with Crippen molar-refractivity contribution >= 4 is 11.6 Å². The molecule has 0 spiro atoms. The van der Waals surface area contributed by atoms with Gasteiger partial charge in [0.15, 0.2) is 5.69 Å². The van der Waals surface area contributed by atoms with Crippen molar-refractivity contribution in [3.63, 3.8) is 0 Å². The molecule has 130 valence electrons. The maximum atomic E-state index is 13.1. The summed E-state index contributed by atoms with van der Waals surface area (Å²) in [7, 11) is 0. The number of carbonyl (C=O) groups is 1. The van der Waals surface area contributed by atoms with Crippen molar-refractivity contribution in [3.8, 4) is 11.8 Å². The molecular formula is C17H10F3N5O. The van der Waals surface area contributed by atoms with Gasteiger partial charge in [-0.15, -0.1) is 0 Å². The third kappa shape index (κ3) is 3.54. The number of alkyl halides is 3. The zero-order chi connectivity index (χ0) is 18.7. The van der Waals surface area contributed by atoms with E-state index in [0.29, 0.717) is 5.69 Å². The minimum absolute atomic E-state index is 0.0275. The molecule has 0 saturated heterocycles. The van der Waals surface area contributed by atoms with Gasteiger partial charge in [0.05, 0.1) is 22.9 Å². The van der Waals surface area contributed by atoms with Gasteiger partial charge in [0, 0.05) is 24.3 Å². The number of halogens is 3. The Morgan fingerprint density at radius 2 is 1.88 bits per heavy atom. The topological polar surface area (TPSA) is 83.6 Å². The number of rotatable bonds is 3. The summed E-state index contributed by atoms with van der Waals surface area (Å²) in [4.78, 5) is 16.0. The second kappa shape index (κ2) is 6.68. The van der Waals surface area contributed by atoms with E-state index in [9.17, 15) is 18.0 Å². The number of aromatic nitrogens is 3. The average Bonchev–Trinajstić information content (AvgIpc) is 3.11. The van der Waals surface area contributed by atoms with Crippen LogP contribution in [0.15, 0.2) is 55.0 Å². The third-order valence-corrected chi connectivity index (χ3v) is 3.45. The first-order chi connectivity index (χ1) is 12.4. The van der Waals surface area contributed by atoms with Crippen LogP contribution in [0.1, 0.15) is 21.6 Å². The summed E-state index contributed by atoms with van der Waals surface area (Å²) in [5.41, 5.74) is -0.920. The number of nitriles is 1. The van der Waals surface area contributed by atoms with Crippen molar-refractivity contribution in [2.75, 3.05) is 5.32 Å². The molecule has 3 rings (SSSR count). The molecule has 0 atom stereocenters. The van der Waals surface area contributed by atoms with Gasteiger partial charge < -0.3 is 5.32 Å². The number of nitrogens with zero attached hydrogens (tertiary/aromatic N) is 4. The van der Waals surface area contributed by atoms with E-state index in [1.54, 1.807) is 12.1 Å². The van der Waals surface area contributed by atoms with E-state index in [0.717, 1.165) is 16.8 Å². The lowest BCUT2D eigenvalue weighted by atomic mass is 10.1. The van der Waals surface area contributed by atoms with Crippen LogP contribution < -0.4 is 5.32 Å². The molecule has 2 aromatic heterocycles. The zero-order valence-electron chi connectivity index (χ0n) is 13.0. The zero-order valence-corrected chi connectivity index (χ0v) is 13.0. The predicted octanol–water partition coefficient (Wildman–Crippen LogP) is 3.41. The summed E-state index contributed by atoms with van der Waals surface area (Å²) in [6.07, 6.45) is -0.300. The van der Waals surface area contributed by atoms with Gasteiger partial charge in [-0.2, -0.15) is 23.5 Å². The first kappa shape index (κ1) is 17.2. The van der Waals surface area contributed by atoms with Crippen molar-refractivity contribution in [1.82, 2.24) is 14.8 Å². The van der Waals surface area contributed by atoms with Gasteiger partial charge in [-0.05, 0) is 36.4 Å². The summed E-state index contributed by atoms with van der Waals surface area (Å²) in [5.74, 6) is -0.514. The summed E-state index contributed by atoms with van der Waals surface area (Å²) in [6, 6.07) is 9.27. The van der Waals surface area contributed by atoms with Gasteiger partial charge in [-0.25, -0.2) is 4.68 Å². The first-order valence-corrected chi connectivity index (χ1v) is 7.27. The van der Waals surface area contributed by atoms with Crippen LogP contribution in [-0.2, 0) is 6.18 Å². The van der Waals surface area contributed by atoms with Crippen molar-refractivity contribution in [2.45, 2.75) is 6.18 Å². The molecule has 0 bridgehead atoms. The van der Waals surface area contributed by atoms with Crippen LogP contribution in [0.3, 0.4) is 0 Å². The number of pyridine rings is 1. The van der Waals surface area contributed by atoms with Crippen LogP contribution in [0, 0.1) is 11.3 Å². The van der Waals surface area contributed by atoms with Gasteiger partial charge in [0.1, 0.15) is 0 Å². The standard InChI is InChI=1S/C17H10F3N5O/c18-17(19,20)14-9-13(2-1-11(14)10-21)25-8-5-15(24-25)16(26)23-12-3-6-22-7-4-12/h1-9H,(H,22,23,26). The molecule has 0 saturated carbocycles. The molecule has 1 amide bonds. The fraction of sp³-hybridized carbons (Fsp3) is 0.0588. The van der Waals surface area contributed by atoms with Crippen LogP contribution >= 0.6 is 0 Å². The Hall–Kier alpha value is -3.67. The van der Waals surface area contributed by atoms with E-state index < -0.39 is 23.2 Å². The molecule has 0 radical (unpaired) electrons. The van der Waals surface area contributed by atoms with Gasteiger partial charge in [0.25, 0.3) is 5.91 Å². The molecule has 2 heterocycles. The first-order valence-electron chi connectivity index (χ1n) is 7.27. The minimum atomic E-state index is -4.67. The molecule has 1 aromatic carbocycles. The van der Waals surface area contributed by atoms with Crippen LogP contribution in [0.4, 0.5) is 18.9 Å². The molecular weight excluding hydrogens is 347 g/mol. The Balaban J connectivity index is 1.88. The molecule has 0 unspecified atom stereocenters. The highest BCUT2D eigenvalue weighted by atomic mass is 19.4. The lowest BCUT2D eigenvalue weighted by Gasteiger charge is -2.10. The number of nitrogens with one attached hydrogen (secondary N) is 1. The van der Waals surface area contributed by atoms with Crippen molar-refractivity contribution in [1.29, 1.82) is 5.26 Å². The van der Waals surface area contributed by atoms with Crippen LogP contribution in [0.2, 0.25) is 0 Å². The average molecular weight is 357 g/mol. The summed E-state index contributed by atoms with van der Waals surface area (Å²) in [5, 5.41) is 15.4. The Morgan fingerprint density at radius 3 is 2.54 bits per heavy atom. The van der Waals surface area contributed by atoms with E-state index in [1.165, 1.54) is 36.8 Å². The van der Waals surface area contributed by atoms with Gasteiger partial charge >= 0.3 is 6.18 Å². The highest BCUT2D eigenvalue weighted by molar-refractivity contribution is 6.02. The number of carbonyl (C=O) groups excluding carboxylic acids is 1. The molecule has 0 fully saturated rings. The number of hydrogen-bond acceptors (Lipinski definition) is 4. The molecule has 6 nitrogen and oxygen atoms in total. The Morgan fingerprint density at radius 1 is 1.15 bits per heavy atom. The molecule has 26 heavy (non-hydrogen) atoms. The van der Waals surface area contributed by atoms with Crippen molar-refractivity contribution in [3.05, 3.63) is 71.8 Å². The lowest BCUT2D eigenvalue weighted by molar-refractivity contribution is -0.137. The summed E-state index contributed by atoms with van der Waals surface area (Å²) in [6.45, 7) is 0. The summed E-state index contributed by atoms with van der Waals surface area (Å²) < 4.78 is 40.3. The maximum absolute atomic E-state index is 13.1. The van der Waals surface area contributed by atoms with E-state index in [2.05, 4.69) is 15.4 Å². The van der Waals surface area contributed by atoms with Crippen LogP contribution in [0.5, 0.6) is 0 Å². The van der Waals surface area contributed by atoms with E-state index in [-0.39, 0.29) is 11.4 Å². The summed E-state index contributed by atoms with van der Waals surface area (Å²) >= 11 is 0. The van der Waals surface area contributed by atoms with Crippen molar-refractivity contribution in [2.24, 2.45) is 0 Å². The highest BCUT2D eigenvalue weighted by Crippen LogP contribution is 2.33. The largest absolute Gasteiger partial charge is 0.417 e. The molecule has 0 aliphatic heterocycles. The third-order valence-electron chi connectivity index (χ3n) is 3.45. The van der Waals surface area contributed by atoms with E-state index in [1.807, 2.05) is 0 Å². The minimum Gasteiger partial charge on any atom is -0.320 e. The highest BCUT2D eigenvalue weighted by Gasteiger charge is 2.34. The number of hydrogen-bond donors (Lipinski definition) is 1. The number of benzene rings is 1. The van der Waals surface area contributed by atoms with Gasteiger partial charge in [-0.3, -0.25) is 9.78 Å². The van der Waals surface area contributed by atoms with E-state index in [4.69, 9.17) is 5.26 Å². The van der Waals surface area contributed by atoms with E-state index >= 15 is 0 Å². The Bertz CT molecular complexity index is 990. The normalized spacial score (nSPS) is 11.0. The van der Waals surface area contributed by atoms with Crippen LogP contribution in [0.25, 0.3) is 5.69 Å². The second-order valence-electron chi connectivity index (χ2n) is 5.18. The van der Waals surface area contributed by atoms with Crippen molar-refractivity contribution < 1.29 is 18.0 Å². The lowest BCUT2D eigenvalue weighted by Crippen LogP contribution is -2.13. The maximum Gasteiger partial charge on any atom is 0.417 e. The number of anilines is 1. The molecule has 0 aliphatic carbocycles. The molecule has 1 N–H and O–H groups in total. The second-order valence-corrected chi connectivity index (χ2v) is 5.18. The fourth-order valence-corrected chi connectivity index (χ4v) is 2.23.